The number of para-hydroxylation sites is 1. The number of halogens is 1. The van der Waals surface area contributed by atoms with Crippen LogP contribution in [0.3, 0.4) is 0 Å². The average molecular weight is 189 g/mol. The van der Waals surface area contributed by atoms with Gasteiger partial charge in [-0.1, -0.05) is 6.07 Å². The summed E-state index contributed by atoms with van der Waals surface area (Å²) < 4.78 is 4.18. The molecule has 0 saturated heterocycles. The second-order valence-electron chi connectivity index (χ2n) is 2.04. The highest BCUT2D eigenvalue weighted by atomic mass is 35.5. The molecule has 0 saturated carbocycles. The van der Waals surface area contributed by atoms with Crippen LogP contribution in [0.4, 0.5) is 0 Å². The van der Waals surface area contributed by atoms with Crippen molar-refractivity contribution in [3.05, 3.63) is 23.8 Å². The van der Waals surface area contributed by atoms with Crippen LogP contribution in [0.2, 0.25) is 0 Å². The molecule has 0 heterocycles. The molecular weight excluding hydrogens is 184 g/mol. The second-order valence-corrected chi connectivity index (χ2v) is 2.19. The Balaban J connectivity index is 3.27. The highest BCUT2D eigenvalue weighted by Gasteiger charge is 2.14. The van der Waals surface area contributed by atoms with Gasteiger partial charge in [-0.2, -0.15) is 0 Å². The first-order chi connectivity index (χ1) is 5.66. The zero-order valence-electron chi connectivity index (χ0n) is 5.82. The van der Waals surface area contributed by atoms with Gasteiger partial charge in [-0.3, -0.25) is 0 Å². The summed E-state index contributed by atoms with van der Waals surface area (Å²) in [5.41, 5.74) is -0.176. The van der Waals surface area contributed by atoms with Crippen molar-refractivity contribution in [3.8, 4) is 11.5 Å². The van der Waals surface area contributed by atoms with Gasteiger partial charge in [-0.15, -0.1) is 0 Å². The molecule has 5 heteroatoms. The van der Waals surface area contributed by atoms with E-state index in [2.05, 4.69) is 4.29 Å². The largest absolute Gasteiger partial charge is 0.504 e. The summed E-state index contributed by atoms with van der Waals surface area (Å²) in [5, 5.41) is 17.6. The zero-order valence-corrected chi connectivity index (χ0v) is 6.58. The molecule has 0 spiro atoms. The third kappa shape index (κ3) is 1.43. The van der Waals surface area contributed by atoms with Gasteiger partial charge in [0.1, 0.15) is 17.4 Å². The molecule has 0 fully saturated rings. The van der Waals surface area contributed by atoms with Gasteiger partial charge >= 0.3 is 5.97 Å². The monoisotopic (exact) mass is 188 g/mol. The van der Waals surface area contributed by atoms with Crippen LogP contribution in [0, 0.1) is 0 Å². The number of carboxylic acid groups (broad SMARTS) is 1. The first kappa shape index (κ1) is 8.67. The molecule has 0 aliphatic rings. The predicted octanol–water partition coefficient (Wildman–Crippen LogP) is 1.62. The first-order valence-electron chi connectivity index (χ1n) is 3.00. The Bertz CT molecular complexity index is 310. The van der Waals surface area contributed by atoms with Crippen molar-refractivity contribution in [1.82, 2.24) is 0 Å². The molecule has 0 radical (unpaired) electrons. The standard InChI is InChI=1S/C7H5ClO4/c8-12-6-4(7(10)11)2-1-3-5(6)9/h1-3,9H,(H,10,11). The molecule has 0 amide bonds. The molecule has 0 bridgehead atoms. The summed E-state index contributed by atoms with van der Waals surface area (Å²) in [7, 11) is 0. The second kappa shape index (κ2) is 3.32. The average Bonchev–Trinajstić information content (AvgIpc) is 2.03. The van der Waals surface area contributed by atoms with Crippen LogP contribution < -0.4 is 4.29 Å². The lowest BCUT2D eigenvalue weighted by molar-refractivity contribution is 0.0694. The lowest BCUT2D eigenvalue weighted by atomic mass is 10.2. The zero-order chi connectivity index (χ0) is 9.14. The number of carbonyl (C=O) groups is 1. The first-order valence-corrected chi connectivity index (χ1v) is 3.31. The van der Waals surface area contributed by atoms with E-state index in [4.69, 9.17) is 22.1 Å². The molecule has 0 aromatic heterocycles. The molecule has 2 N–H and O–H groups in total. The van der Waals surface area contributed by atoms with Gasteiger partial charge in [-0.25, -0.2) is 4.79 Å². The number of aromatic carboxylic acids is 1. The number of rotatable bonds is 2. The van der Waals surface area contributed by atoms with Crippen LogP contribution in [-0.2, 0) is 0 Å². The molecule has 4 nitrogen and oxygen atoms in total. The summed E-state index contributed by atoms with van der Waals surface area (Å²) in [6.07, 6.45) is 0. The molecule has 12 heavy (non-hydrogen) atoms. The minimum Gasteiger partial charge on any atom is -0.504 e. The number of carboxylic acids is 1. The molecule has 64 valence electrons. The van der Waals surface area contributed by atoms with Crippen molar-refractivity contribution >= 4 is 17.8 Å². The van der Waals surface area contributed by atoms with E-state index in [0.717, 1.165) is 0 Å². The topological polar surface area (TPSA) is 66.8 Å². The van der Waals surface area contributed by atoms with Crippen molar-refractivity contribution < 1.29 is 19.3 Å². The van der Waals surface area contributed by atoms with Crippen molar-refractivity contribution in [2.45, 2.75) is 0 Å². The maximum absolute atomic E-state index is 10.5. The van der Waals surface area contributed by atoms with Gasteiger partial charge in [0.15, 0.2) is 5.75 Å². The molecule has 1 aromatic rings. The van der Waals surface area contributed by atoms with Gasteiger partial charge in [-0.05, 0) is 12.1 Å². The van der Waals surface area contributed by atoms with E-state index < -0.39 is 5.97 Å². The minimum atomic E-state index is -1.21. The summed E-state index contributed by atoms with van der Waals surface area (Å²) in [6, 6.07) is 3.95. The molecule has 0 atom stereocenters. The SMILES string of the molecule is O=C(O)c1cccc(O)c1OCl. The number of aromatic hydroxyl groups is 1. The van der Waals surface area contributed by atoms with Gasteiger partial charge < -0.3 is 14.5 Å². The van der Waals surface area contributed by atoms with E-state index in [1.54, 1.807) is 0 Å². The molecule has 1 aromatic carbocycles. The Hall–Kier alpha value is -1.42. The van der Waals surface area contributed by atoms with E-state index in [-0.39, 0.29) is 17.1 Å². The van der Waals surface area contributed by atoms with Crippen molar-refractivity contribution in [2.75, 3.05) is 0 Å². The van der Waals surface area contributed by atoms with Gasteiger partial charge in [0.25, 0.3) is 0 Å². The smallest absolute Gasteiger partial charge is 0.339 e. The Labute approximate surface area is 73.1 Å². The third-order valence-electron chi connectivity index (χ3n) is 1.30. The maximum Gasteiger partial charge on any atom is 0.339 e. The van der Waals surface area contributed by atoms with Crippen molar-refractivity contribution in [1.29, 1.82) is 0 Å². The highest BCUT2D eigenvalue weighted by molar-refractivity contribution is 6.10. The van der Waals surface area contributed by atoms with Gasteiger partial charge in [0.2, 0.25) is 5.75 Å². The fourth-order valence-corrected chi connectivity index (χ4v) is 0.936. The third-order valence-corrected chi connectivity index (χ3v) is 1.46. The molecule has 1 rings (SSSR count). The molecule has 0 unspecified atom stereocenters. The fourth-order valence-electron chi connectivity index (χ4n) is 0.774. The van der Waals surface area contributed by atoms with Gasteiger partial charge in [0, 0.05) is 0 Å². The predicted molar refractivity (Wildman–Crippen MR) is 41.5 cm³/mol. The Morgan fingerprint density at radius 1 is 1.50 bits per heavy atom. The summed E-state index contributed by atoms with van der Waals surface area (Å²) >= 11 is 4.96. The lowest BCUT2D eigenvalue weighted by Gasteiger charge is -2.02. The quantitative estimate of drug-likeness (QED) is 0.740. The summed E-state index contributed by atoms with van der Waals surface area (Å²) in [5.74, 6) is -1.75. The van der Waals surface area contributed by atoms with Crippen LogP contribution in [0.25, 0.3) is 0 Å². The summed E-state index contributed by atoms with van der Waals surface area (Å²) in [6.45, 7) is 0. The number of phenols is 1. The van der Waals surface area contributed by atoms with Crippen LogP contribution in [0.15, 0.2) is 18.2 Å². The Kier molecular flexibility index (Phi) is 2.40. The van der Waals surface area contributed by atoms with Crippen LogP contribution in [0.5, 0.6) is 11.5 Å². The van der Waals surface area contributed by atoms with Crippen LogP contribution >= 0.6 is 11.9 Å². The van der Waals surface area contributed by atoms with E-state index in [0.29, 0.717) is 0 Å². The molecule has 0 aliphatic carbocycles. The number of phenolic OH excluding ortho intramolecular Hbond substituents is 1. The van der Waals surface area contributed by atoms with Crippen molar-refractivity contribution in [2.24, 2.45) is 0 Å². The van der Waals surface area contributed by atoms with Gasteiger partial charge in [0.05, 0.1) is 0 Å². The molecule has 0 aliphatic heterocycles. The molecular formula is C7H5ClO4. The van der Waals surface area contributed by atoms with Crippen LogP contribution in [0.1, 0.15) is 10.4 Å². The normalized spacial score (nSPS) is 9.42. The van der Waals surface area contributed by atoms with E-state index >= 15 is 0 Å². The highest BCUT2D eigenvalue weighted by Crippen LogP contribution is 2.30. The summed E-state index contributed by atoms with van der Waals surface area (Å²) in [4.78, 5) is 10.5. The lowest BCUT2D eigenvalue weighted by Crippen LogP contribution is -1.98. The van der Waals surface area contributed by atoms with Crippen LogP contribution in [-0.4, -0.2) is 16.2 Å². The minimum absolute atomic E-state index is 0.176. The number of hydrogen-bond donors (Lipinski definition) is 2. The van der Waals surface area contributed by atoms with Crippen molar-refractivity contribution in [3.63, 3.8) is 0 Å². The van der Waals surface area contributed by atoms with E-state index in [9.17, 15) is 4.79 Å². The Morgan fingerprint density at radius 2 is 2.17 bits per heavy atom. The Morgan fingerprint density at radius 3 is 2.58 bits per heavy atom. The van der Waals surface area contributed by atoms with E-state index in [1.807, 2.05) is 0 Å². The maximum atomic E-state index is 10.5. The fraction of sp³-hybridized carbons (Fsp3) is 0. The number of hydrogen-bond acceptors (Lipinski definition) is 3. The van der Waals surface area contributed by atoms with E-state index in [1.165, 1.54) is 18.2 Å². The number of benzene rings is 1.